The minimum atomic E-state index is -1.10. The second-order valence-corrected chi connectivity index (χ2v) is 4.92. The van der Waals surface area contributed by atoms with Crippen LogP contribution < -0.4 is 5.73 Å². The molecule has 22 heavy (non-hydrogen) atoms. The van der Waals surface area contributed by atoms with E-state index in [4.69, 9.17) is 43.9 Å². The number of aromatic nitrogens is 1. The van der Waals surface area contributed by atoms with Gasteiger partial charge in [0.1, 0.15) is 5.56 Å². The van der Waals surface area contributed by atoms with E-state index in [0.29, 0.717) is 35.7 Å². The highest BCUT2D eigenvalue weighted by Gasteiger charge is 2.14. The summed E-state index contributed by atoms with van der Waals surface area (Å²) in [6.45, 7) is 1.55. The second-order valence-electron chi connectivity index (χ2n) is 4.08. The first-order valence-electron chi connectivity index (χ1n) is 6.37. The van der Waals surface area contributed by atoms with Crippen molar-refractivity contribution in [1.82, 2.24) is 4.98 Å². The molecule has 1 heterocycles. The zero-order chi connectivity index (χ0) is 16.5. The molecule has 0 amide bonds. The zero-order valence-corrected chi connectivity index (χ0v) is 13.1. The maximum absolute atomic E-state index is 11.0. The van der Waals surface area contributed by atoms with Gasteiger partial charge < -0.3 is 20.7 Å². The molecular weight excluding hydrogens is 331 g/mol. The number of nitrogens with zero attached hydrogens (tertiary/aromatic N) is 1. The van der Waals surface area contributed by atoms with Crippen LogP contribution in [0, 0.1) is 0 Å². The predicted molar refractivity (Wildman–Crippen MR) is 85.7 cm³/mol. The van der Waals surface area contributed by atoms with Gasteiger partial charge in [-0.15, -0.1) is 0 Å². The summed E-state index contributed by atoms with van der Waals surface area (Å²) < 4.78 is 4.76. The number of fused-ring (bicyclic) bond motifs is 1. The highest BCUT2D eigenvalue weighted by molar-refractivity contribution is 6.35. The van der Waals surface area contributed by atoms with Crippen molar-refractivity contribution in [3.05, 3.63) is 40.0 Å². The van der Waals surface area contributed by atoms with E-state index in [1.165, 1.54) is 12.3 Å². The molecule has 1 aromatic carbocycles. The molecule has 0 fully saturated rings. The van der Waals surface area contributed by atoms with E-state index in [-0.39, 0.29) is 17.2 Å². The minimum absolute atomic E-state index is 0.00540. The van der Waals surface area contributed by atoms with Crippen LogP contribution in [0.2, 0.25) is 10.0 Å². The van der Waals surface area contributed by atoms with E-state index < -0.39 is 5.97 Å². The SMILES string of the molecule is NCCOCCO.O=C(O)c1c(Cl)ccc2cc(Cl)cnc12. The summed E-state index contributed by atoms with van der Waals surface area (Å²) in [6, 6.07) is 4.85. The van der Waals surface area contributed by atoms with E-state index >= 15 is 0 Å². The van der Waals surface area contributed by atoms with Crippen LogP contribution >= 0.6 is 23.2 Å². The van der Waals surface area contributed by atoms with E-state index in [9.17, 15) is 4.79 Å². The number of ether oxygens (including phenoxy) is 1. The summed E-state index contributed by atoms with van der Waals surface area (Å²) in [4.78, 5) is 14.9. The molecule has 2 aromatic rings. The van der Waals surface area contributed by atoms with Crippen molar-refractivity contribution in [3.8, 4) is 0 Å². The van der Waals surface area contributed by atoms with Crippen molar-refractivity contribution >= 4 is 40.1 Å². The van der Waals surface area contributed by atoms with Crippen molar-refractivity contribution in [2.24, 2.45) is 5.73 Å². The molecule has 4 N–H and O–H groups in total. The predicted octanol–water partition coefficient (Wildman–Crippen LogP) is 2.19. The first kappa shape index (κ1) is 18.6. The first-order valence-corrected chi connectivity index (χ1v) is 7.12. The molecule has 0 radical (unpaired) electrons. The lowest BCUT2D eigenvalue weighted by molar-refractivity contribution is 0.0699. The summed E-state index contributed by atoms with van der Waals surface area (Å²) in [5.74, 6) is -1.10. The number of nitrogens with two attached hydrogens (primary N) is 1. The Bertz CT molecular complexity index is 634. The smallest absolute Gasteiger partial charge is 0.339 e. The standard InChI is InChI=1S/C10H5Cl2NO2.C4H11NO2/c11-6-3-5-1-2-7(12)8(10(14)15)9(5)13-4-6;5-1-3-7-4-2-6/h1-4H,(H,14,15);6H,1-5H2. The largest absolute Gasteiger partial charge is 0.478 e. The fraction of sp³-hybridized carbons (Fsp3) is 0.286. The maximum atomic E-state index is 11.0. The third-order valence-electron chi connectivity index (χ3n) is 2.48. The van der Waals surface area contributed by atoms with Crippen molar-refractivity contribution in [3.63, 3.8) is 0 Å². The zero-order valence-electron chi connectivity index (χ0n) is 11.6. The maximum Gasteiger partial charge on any atom is 0.339 e. The minimum Gasteiger partial charge on any atom is -0.478 e. The van der Waals surface area contributed by atoms with Gasteiger partial charge in [0.05, 0.1) is 35.4 Å². The number of carboxylic acid groups (broad SMARTS) is 1. The monoisotopic (exact) mass is 346 g/mol. The van der Waals surface area contributed by atoms with Gasteiger partial charge in [-0.2, -0.15) is 0 Å². The number of hydrogen-bond donors (Lipinski definition) is 3. The Balaban J connectivity index is 0.000000295. The number of benzene rings is 1. The summed E-state index contributed by atoms with van der Waals surface area (Å²) >= 11 is 11.5. The normalized spacial score (nSPS) is 10.2. The fourth-order valence-electron chi connectivity index (χ4n) is 1.60. The Labute approximate surface area is 137 Å². The third-order valence-corrected chi connectivity index (χ3v) is 3.00. The van der Waals surface area contributed by atoms with Gasteiger partial charge in [0.25, 0.3) is 0 Å². The topological polar surface area (TPSA) is 106 Å². The molecule has 0 saturated carbocycles. The lowest BCUT2D eigenvalue weighted by atomic mass is 10.1. The number of aliphatic hydroxyl groups is 1. The van der Waals surface area contributed by atoms with Crippen molar-refractivity contribution in [2.45, 2.75) is 0 Å². The van der Waals surface area contributed by atoms with Crippen LogP contribution in [-0.4, -0.2) is 47.5 Å². The Morgan fingerprint density at radius 1 is 1.32 bits per heavy atom. The molecule has 0 atom stereocenters. The number of rotatable bonds is 5. The van der Waals surface area contributed by atoms with Gasteiger partial charge in [-0.3, -0.25) is 4.98 Å². The van der Waals surface area contributed by atoms with E-state index in [0.717, 1.165) is 0 Å². The molecule has 0 spiro atoms. The molecule has 0 aliphatic heterocycles. The Morgan fingerprint density at radius 2 is 2.05 bits per heavy atom. The highest BCUT2D eigenvalue weighted by atomic mass is 35.5. The molecule has 120 valence electrons. The van der Waals surface area contributed by atoms with Crippen LogP contribution in [0.1, 0.15) is 10.4 Å². The Hall–Kier alpha value is -1.44. The molecule has 2 rings (SSSR count). The molecule has 1 aromatic heterocycles. The first-order chi connectivity index (χ1) is 10.5. The second kappa shape index (κ2) is 9.55. The molecule has 0 saturated heterocycles. The van der Waals surface area contributed by atoms with Gasteiger partial charge >= 0.3 is 5.97 Å². The van der Waals surface area contributed by atoms with Crippen LogP contribution in [0.4, 0.5) is 0 Å². The summed E-state index contributed by atoms with van der Waals surface area (Å²) in [5, 5.41) is 18.4. The van der Waals surface area contributed by atoms with Gasteiger partial charge in [0.15, 0.2) is 0 Å². The van der Waals surface area contributed by atoms with Gasteiger partial charge in [-0.05, 0) is 12.1 Å². The van der Waals surface area contributed by atoms with Crippen molar-refractivity contribution < 1.29 is 19.7 Å². The van der Waals surface area contributed by atoms with E-state index in [2.05, 4.69) is 4.98 Å². The Kier molecular flexibility index (Phi) is 8.08. The fourth-order valence-corrected chi connectivity index (χ4v) is 2.00. The van der Waals surface area contributed by atoms with Crippen LogP contribution in [0.25, 0.3) is 10.9 Å². The average Bonchev–Trinajstić information content (AvgIpc) is 2.48. The van der Waals surface area contributed by atoms with Gasteiger partial charge in [-0.25, -0.2) is 4.79 Å². The number of aliphatic hydroxyl groups excluding tert-OH is 1. The average molecular weight is 347 g/mol. The van der Waals surface area contributed by atoms with Crippen LogP contribution in [0.15, 0.2) is 24.4 Å². The lowest BCUT2D eigenvalue weighted by Gasteiger charge is -2.03. The van der Waals surface area contributed by atoms with Gasteiger partial charge in [-0.1, -0.05) is 29.3 Å². The number of pyridine rings is 1. The van der Waals surface area contributed by atoms with Crippen LogP contribution in [0.5, 0.6) is 0 Å². The molecular formula is C14H16Cl2N2O4. The van der Waals surface area contributed by atoms with Gasteiger partial charge in [0, 0.05) is 18.1 Å². The lowest BCUT2D eigenvalue weighted by Crippen LogP contribution is -2.10. The van der Waals surface area contributed by atoms with Crippen LogP contribution in [0.3, 0.4) is 0 Å². The summed E-state index contributed by atoms with van der Waals surface area (Å²) in [5.41, 5.74) is 5.41. The molecule has 0 aliphatic carbocycles. The van der Waals surface area contributed by atoms with Gasteiger partial charge in [0.2, 0.25) is 0 Å². The van der Waals surface area contributed by atoms with Crippen molar-refractivity contribution in [2.75, 3.05) is 26.4 Å². The van der Waals surface area contributed by atoms with Crippen molar-refractivity contribution in [1.29, 1.82) is 0 Å². The molecule has 0 bridgehead atoms. The van der Waals surface area contributed by atoms with Crippen LogP contribution in [-0.2, 0) is 4.74 Å². The number of carboxylic acids is 1. The van der Waals surface area contributed by atoms with E-state index in [1.54, 1.807) is 12.1 Å². The molecule has 0 unspecified atom stereocenters. The number of halogens is 2. The third kappa shape index (κ3) is 5.40. The molecule has 0 aliphatic rings. The summed E-state index contributed by atoms with van der Waals surface area (Å²) in [7, 11) is 0. The number of carbonyl (C=O) groups is 1. The summed E-state index contributed by atoms with van der Waals surface area (Å²) in [6.07, 6.45) is 1.40. The molecule has 8 heteroatoms. The highest BCUT2D eigenvalue weighted by Crippen LogP contribution is 2.26. The Morgan fingerprint density at radius 3 is 2.64 bits per heavy atom. The van der Waals surface area contributed by atoms with E-state index in [1.807, 2.05) is 0 Å². The number of aromatic carboxylic acids is 1. The molecule has 6 nitrogen and oxygen atoms in total. The number of hydrogen-bond acceptors (Lipinski definition) is 5. The quantitative estimate of drug-likeness (QED) is 0.716.